The van der Waals surface area contributed by atoms with Crippen LogP contribution in [0.15, 0.2) is 0 Å². The number of carbonyl (C=O) groups is 2. The summed E-state index contributed by atoms with van der Waals surface area (Å²) in [6, 6.07) is 0.113. The molecular weight excluding hydrogens is 320 g/mol. The van der Waals surface area contributed by atoms with Gasteiger partial charge >= 0.3 is 0 Å². The molecule has 1 aliphatic rings. The highest BCUT2D eigenvalue weighted by atomic mass is 32.1. The molecule has 24 heavy (non-hydrogen) atoms. The standard InChI is InChI=1S/C19H30N2O2S/c1-9-10(2)20-15(22)13-11(3)12(4)24-17(13)21-16(23)14-18(5,6)19(14,7)8/h10,14H,9H2,1-8H3,(H,20,22)(H,21,23). The molecule has 0 radical (unpaired) electrons. The quantitative estimate of drug-likeness (QED) is 0.820. The zero-order chi connectivity index (χ0) is 18.4. The molecule has 0 saturated heterocycles. The van der Waals surface area contributed by atoms with Gasteiger partial charge in [0.1, 0.15) is 5.00 Å². The van der Waals surface area contributed by atoms with Gasteiger partial charge in [-0.05, 0) is 43.6 Å². The lowest BCUT2D eigenvalue weighted by molar-refractivity contribution is -0.118. The Kier molecular flexibility index (Phi) is 4.88. The topological polar surface area (TPSA) is 58.2 Å². The van der Waals surface area contributed by atoms with Gasteiger partial charge in [-0.15, -0.1) is 11.3 Å². The molecule has 134 valence electrons. The van der Waals surface area contributed by atoms with E-state index in [2.05, 4.69) is 38.3 Å². The van der Waals surface area contributed by atoms with E-state index in [9.17, 15) is 9.59 Å². The van der Waals surface area contributed by atoms with Crippen molar-refractivity contribution >= 4 is 28.2 Å². The average molecular weight is 351 g/mol. The summed E-state index contributed by atoms with van der Waals surface area (Å²) in [6.45, 7) is 16.4. The molecule has 1 heterocycles. The van der Waals surface area contributed by atoms with Crippen LogP contribution in [-0.2, 0) is 4.79 Å². The molecule has 0 aromatic carbocycles. The smallest absolute Gasteiger partial charge is 0.254 e. The van der Waals surface area contributed by atoms with Crippen molar-refractivity contribution in [2.75, 3.05) is 5.32 Å². The van der Waals surface area contributed by atoms with Crippen molar-refractivity contribution in [1.82, 2.24) is 5.32 Å². The Balaban J connectivity index is 2.24. The predicted octanol–water partition coefficient (Wildman–Crippen LogP) is 4.51. The largest absolute Gasteiger partial charge is 0.349 e. The van der Waals surface area contributed by atoms with Gasteiger partial charge in [0.15, 0.2) is 0 Å². The van der Waals surface area contributed by atoms with E-state index >= 15 is 0 Å². The van der Waals surface area contributed by atoms with Crippen LogP contribution in [0.5, 0.6) is 0 Å². The summed E-state index contributed by atoms with van der Waals surface area (Å²) in [5.74, 6) is -0.113. The molecule has 2 N–H and O–H groups in total. The maximum Gasteiger partial charge on any atom is 0.254 e. The Morgan fingerprint density at radius 2 is 1.71 bits per heavy atom. The third-order valence-electron chi connectivity index (χ3n) is 6.12. The minimum Gasteiger partial charge on any atom is -0.349 e. The van der Waals surface area contributed by atoms with E-state index in [-0.39, 0.29) is 34.6 Å². The highest BCUT2D eigenvalue weighted by Gasteiger charge is 2.68. The lowest BCUT2D eigenvalue weighted by atomic mass is 10.0. The third kappa shape index (κ3) is 2.99. The van der Waals surface area contributed by atoms with Crippen LogP contribution in [0, 0.1) is 30.6 Å². The van der Waals surface area contributed by atoms with Crippen LogP contribution in [0.2, 0.25) is 0 Å². The van der Waals surface area contributed by atoms with Crippen molar-refractivity contribution in [3.63, 3.8) is 0 Å². The molecule has 1 aliphatic carbocycles. The fourth-order valence-corrected chi connectivity index (χ4v) is 4.48. The van der Waals surface area contributed by atoms with E-state index in [1.165, 1.54) is 11.3 Å². The second kappa shape index (κ2) is 6.17. The first-order valence-corrected chi connectivity index (χ1v) is 9.48. The Morgan fingerprint density at radius 3 is 2.17 bits per heavy atom. The Bertz CT molecular complexity index is 659. The van der Waals surface area contributed by atoms with Crippen LogP contribution in [0.3, 0.4) is 0 Å². The van der Waals surface area contributed by atoms with Gasteiger partial charge in [0, 0.05) is 16.8 Å². The molecule has 2 amide bonds. The molecule has 1 saturated carbocycles. The molecule has 4 nitrogen and oxygen atoms in total. The van der Waals surface area contributed by atoms with Crippen molar-refractivity contribution in [2.24, 2.45) is 16.7 Å². The first-order valence-electron chi connectivity index (χ1n) is 8.66. The summed E-state index contributed by atoms with van der Waals surface area (Å²) in [5, 5.41) is 6.72. The lowest BCUT2D eigenvalue weighted by Crippen LogP contribution is -2.32. The van der Waals surface area contributed by atoms with Gasteiger partial charge in [-0.1, -0.05) is 34.6 Å². The fraction of sp³-hybridized carbons (Fsp3) is 0.684. The normalized spacial score (nSPS) is 19.7. The van der Waals surface area contributed by atoms with E-state index in [4.69, 9.17) is 0 Å². The molecule has 2 rings (SSSR count). The fourth-order valence-electron chi connectivity index (χ4n) is 3.42. The van der Waals surface area contributed by atoms with Gasteiger partial charge in [-0.25, -0.2) is 0 Å². The van der Waals surface area contributed by atoms with Gasteiger partial charge in [0.05, 0.1) is 5.56 Å². The van der Waals surface area contributed by atoms with Gasteiger partial charge in [-0.2, -0.15) is 0 Å². The van der Waals surface area contributed by atoms with Gasteiger partial charge in [-0.3, -0.25) is 9.59 Å². The number of nitrogens with one attached hydrogen (secondary N) is 2. The minimum atomic E-state index is -0.101. The molecule has 0 bridgehead atoms. The number of aryl methyl sites for hydroxylation is 1. The van der Waals surface area contributed by atoms with Crippen LogP contribution in [0.1, 0.15) is 68.8 Å². The van der Waals surface area contributed by atoms with E-state index < -0.39 is 0 Å². The van der Waals surface area contributed by atoms with Crippen molar-refractivity contribution in [3.05, 3.63) is 16.0 Å². The molecule has 1 aromatic rings. The zero-order valence-corrected chi connectivity index (χ0v) is 16.9. The van der Waals surface area contributed by atoms with Crippen LogP contribution in [0.25, 0.3) is 0 Å². The Hall–Kier alpha value is -1.36. The number of amides is 2. The number of anilines is 1. The van der Waals surface area contributed by atoms with Gasteiger partial charge in [0.25, 0.3) is 5.91 Å². The van der Waals surface area contributed by atoms with E-state index in [0.29, 0.717) is 10.6 Å². The molecule has 1 aromatic heterocycles. The number of hydrogen-bond donors (Lipinski definition) is 2. The Labute approximate surface area is 149 Å². The average Bonchev–Trinajstić information content (AvgIpc) is 2.69. The maximum absolute atomic E-state index is 12.7. The highest BCUT2D eigenvalue weighted by Crippen LogP contribution is 2.68. The van der Waals surface area contributed by atoms with Crippen molar-refractivity contribution in [3.8, 4) is 0 Å². The Morgan fingerprint density at radius 1 is 1.17 bits per heavy atom. The summed E-state index contributed by atoms with van der Waals surface area (Å²) in [7, 11) is 0. The van der Waals surface area contributed by atoms with Crippen molar-refractivity contribution < 1.29 is 9.59 Å². The lowest BCUT2D eigenvalue weighted by Gasteiger charge is -2.13. The van der Waals surface area contributed by atoms with E-state index in [0.717, 1.165) is 16.9 Å². The third-order valence-corrected chi connectivity index (χ3v) is 7.24. The van der Waals surface area contributed by atoms with E-state index in [1.54, 1.807) is 0 Å². The molecular formula is C19H30N2O2S. The number of carbonyl (C=O) groups excluding carboxylic acids is 2. The summed E-state index contributed by atoms with van der Waals surface area (Å²) < 4.78 is 0. The van der Waals surface area contributed by atoms with Crippen molar-refractivity contribution in [2.45, 2.75) is 67.9 Å². The van der Waals surface area contributed by atoms with Crippen LogP contribution in [0.4, 0.5) is 5.00 Å². The summed E-state index contributed by atoms with van der Waals surface area (Å²) in [6.07, 6.45) is 0.875. The molecule has 0 spiro atoms. The van der Waals surface area contributed by atoms with Crippen molar-refractivity contribution in [1.29, 1.82) is 0 Å². The molecule has 1 unspecified atom stereocenters. The summed E-state index contributed by atoms with van der Waals surface area (Å²) in [5.41, 5.74) is 1.53. The number of rotatable bonds is 5. The zero-order valence-electron chi connectivity index (χ0n) is 16.1. The summed E-state index contributed by atoms with van der Waals surface area (Å²) >= 11 is 1.49. The first-order chi connectivity index (χ1) is 10.9. The molecule has 0 aliphatic heterocycles. The second-order valence-electron chi connectivity index (χ2n) is 8.14. The second-order valence-corrected chi connectivity index (χ2v) is 9.36. The van der Waals surface area contributed by atoms with Crippen LogP contribution >= 0.6 is 11.3 Å². The van der Waals surface area contributed by atoms with Crippen LogP contribution < -0.4 is 10.6 Å². The van der Waals surface area contributed by atoms with Gasteiger partial charge < -0.3 is 10.6 Å². The highest BCUT2D eigenvalue weighted by molar-refractivity contribution is 7.16. The predicted molar refractivity (Wildman–Crippen MR) is 101 cm³/mol. The minimum absolute atomic E-state index is 0.0163. The molecule has 5 heteroatoms. The molecule has 1 atom stereocenters. The van der Waals surface area contributed by atoms with E-state index in [1.807, 2.05) is 27.7 Å². The maximum atomic E-state index is 12.7. The van der Waals surface area contributed by atoms with Crippen LogP contribution in [-0.4, -0.2) is 17.9 Å². The summed E-state index contributed by atoms with van der Waals surface area (Å²) in [4.78, 5) is 26.4. The number of thiophene rings is 1. The van der Waals surface area contributed by atoms with Gasteiger partial charge in [0.2, 0.25) is 5.91 Å². The first kappa shape index (κ1) is 19.0. The number of hydrogen-bond acceptors (Lipinski definition) is 3. The molecule has 1 fully saturated rings. The monoisotopic (exact) mass is 350 g/mol. The SMILES string of the molecule is CCC(C)NC(=O)c1c(NC(=O)C2C(C)(C)C2(C)C)sc(C)c1C.